The highest BCUT2D eigenvalue weighted by molar-refractivity contribution is 9.10. The molecule has 0 saturated carbocycles. The normalized spacial score (nSPS) is 16.7. The molecule has 0 radical (unpaired) electrons. The van der Waals surface area contributed by atoms with E-state index in [9.17, 15) is 26.4 Å². The van der Waals surface area contributed by atoms with Crippen molar-refractivity contribution in [1.82, 2.24) is 19.9 Å². The van der Waals surface area contributed by atoms with Gasteiger partial charge in [-0.1, -0.05) is 45.0 Å². The number of fused-ring (bicyclic) bond motifs is 4. The molecule has 248 valence electrons. The van der Waals surface area contributed by atoms with Crippen molar-refractivity contribution in [3.63, 3.8) is 0 Å². The van der Waals surface area contributed by atoms with E-state index in [0.29, 0.717) is 12.1 Å². The summed E-state index contributed by atoms with van der Waals surface area (Å²) in [4.78, 5) is 28.2. The molecule has 0 saturated heterocycles. The zero-order valence-electron chi connectivity index (χ0n) is 26.3. The Hall–Kier alpha value is -4.04. The fourth-order valence-electron chi connectivity index (χ4n) is 5.55. The van der Waals surface area contributed by atoms with Gasteiger partial charge in [0, 0.05) is 27.9 Å². The van der Waals surface area contributed by atoms with E-state index in [2.05, 4.69) is 35.6 Å². The minimum Gasteiger partial charge on any atom is -0.475 e. The summed E-state index contributed by atoms with van der Waals surface area (Å²) < 4.78 is 78.5. The molecule has 14 heteroatoms. The van der Waals surface area contributed by atoms with Crippen LogP contribution in [0.3, 0.4) is 0 Å². The van der Waals surface area contributed by atoms with Gasteiger partial charge in [0.1, 0.15) is 6.61 Å². The van der Waals surface area contributed by atoms with Crippen molar-refractivity contribution in [3.8, 4) is 17.1 Å². The zero-order valence-corrected chi connectivity index (χ0v) is 28.7. The Morgan fingerprint density at radius 2 is 1.70 bits per heavy atom. The van der Waals surface area contributed by atoms with E-state index in [1.165, 1.54) is 35.4 Å². The number of nitrogens with one attached hydrogen (secondary N) is 1. The highest BCUT2D eigenvalue weighted by Gasteiger charge is 2.37. The first-order chi connectivity index (χ1) is 21.9. The van der Waals surface area contributed by atoms with Gasteiger partial charge in [-0.2, -0.15) is 18.2 Å². The average molecular weight is 733 g/mol. The number of aromatic nitrogens is 3. The van der Waals surface area contributed by atoms with Gasteiger partial charge in [0.2, 0.25) is 11.8 Å². The molecule has 4 aromatic rings. The number of hydrogen-bond acceptors (Lipinski definition) is 7. The molecular formula is C33H33BrF3N5O4S. The van der Waals surface area contributed by atoms with Crippen LogP contribution in [0, 0.1) is 19.3 Å². The van der Waals surface area contributed by atoms with Gasteiger partial charge >= 0.3 is 6.18 Å². The van der Waals surface area contributed by atoms with Gasteiger partial charge in [0.05, 0.1) is 34.4 Å². The summed E-state index contributed by atoms with van der Waals surface area (Å²) in [7, 11) is -4.32. The number of pyridine rings is 1. The number of aryl methyl sites for hydroxylation is 2. The Morgan fingerprint density at radius 3 is 2.36 bits per heavy atom. The van der Waals surface area contributed by atoms with Gasteiger partial charge in [-0.05, 0) is 77.0 Å². The molecule has 4 bridgehead atoms. The van der Waals surface area contributed by atoms with Crippen molar-refractivity contribution in [2.75, 3.05) is 11.3 Å². The topological polar surface area (TPSA) is 114 Å². The number of carbonyl (C=O) groups is 1. The lowest BCUT2D eigenvalue weighted by Crippen LogP contribution is -2.45. The largest absolute Gasteiger partial charge is 0.475 e. The lowest BCUT2D eigenvalue weighted by Gasteiger charge is -2.36. The molecule has 5 rings (SSSR count). The first kappa shape index (κ1) is 34.3. The monoisotopic (exact) mass is 731 g/mol. The molecule has 0 fully saturated rings. The fourth-order valence-corrected chi connectivity index (χ4v) is 6.87. The number of ether oxygens (including phenoxy) is 1. The number of halogens is 4. The molecule has 1 aliphatic heterocycles. The first-order valence-electron chi connectivity index (χ1n) is 14.7. The van der Waals surface area contributed by atoms with Crippen LogP contribution in [0.25, 0.3) is 11.3 Å². The predicted octanol–water partition coefficient (Wildman–Crippen LogP) is 7.58. The second kappa shape index (κ2) is 12.9. The van der Waals surface area contributed by atoms with Crippen molar-refractivity contribution in [1.29, 1.82) is 0 Å². The van der Waals surface area contributed by atoms with Gasteiger partial charge in [-0.15, -0.1) is 0 Å². The molecule has 47 heavy (non-hydrogen) atoms. The Morgan fingerprint density at radius 1 is 1.02 bits per heavy atom. The van der Waals surface area contributed by atoms with E-state index in [1.54, 1.807) is 6.07 Å². The summed E-state index contributed by atoms with van der Waals surface area (Å²) >= 11 is 3.07. The van der Waals surface area contributed by atoms with E-state index in [0.717, 1.165) is 22.8 Å². The van der Waals surface area contributed by atoms with E-state index < -0.39 is 45.7 Å². The summed E-state index contributed by atoms with van der Waals surface area (Å²) in [5, 5.41) is 0. The summed E-state index contributed by atoms with van der Waals surface area (Å²) in [6, 6.07) is 12.7. The van der Waals surface area contributed by atoms with Crippen molar-refractivity contribution in [3.05, 3.63) is 93.2 Å². The second-order valence-corrected chi connectivity index (χ2v) is 15.2. The van der Waals surface area contributed by atoms with E-state index >= 15 is 0 Å². The molecular weight excluding hydrogens is 699 g/mol. The summed E-state index contributed by atoms with van der Waals surface area (Å²) in [6.45, 7) is 8.92. The predicted molar refractivity (Wildman–Crippen MR) is 174 cm³/mol. The number of rotatable bonds is 4. The van der Waals surface area contributed by atoms with Crippen LogP contribution in [-0.4, -0.2) is 46.8 Å². The standard InChI is InChI=1S/C33H33BrF3N5O4S/c1-19-8-6-9-20(2)29(19)26-14-28-40-31(39-26)41-47(44,45)24-11-7-10-21(12-24)30(43)42(23(18-46-28)15-32(3,4)5)17-27-25(33(35,36)37)13-22(34)16-38-27/h6-14,16,23H,15,17-18H2,1-5H3,(H,39,40,41)/t23-/m1/s1. The molecule has 1 atom stereocenters. The first-order valence-corrected chi connectivity index (χ1v) is 16.9. The summed E-state index contributed by atoms with van der Waals surface area (Å²) in [5.41, 5.74) is 1.12. The number of amides is 1. The molecule has 0 aliphatic carbocycles. The van der Waals surface area contributed by atoms with Crippen LogP contribution in [0.1, 0.15) is 59.9 Å². The van der Waals surface area contributed by atoms with Crippen LogP contribution in [0.15, 0.2) is 70.2 Å². The second-order valence-electron chi connectivity index (χ2n) is 12.6. The third-order valence-electron chi connectivity index (χ3n) is 7.59. The molecule has 2 aromatic heterocycles. The summed E-state index contributed by atoms with van der Waals surface area (Å²) in [5.74, 6) is -0.911. The lowest BCUT2D eigenvalue weighted by atomic mass is 9.87. The minimum absolute atomic E-state index is 0.0189. The number of carbonyl (C=O) groups excluding carboxylic acids is 1. The molecule has 3 heterocycles. The Labute approximate surface area is 279 Å². The molecule has 1 amide bonds. The van der Waals surface area contributed by atoms with Crippen LogP contribution >= 0.6 is 15.9 Å². The van der Waals surface area contributed by atoms with Gasteiger partial charge in [0.15, 0.2) is 0 Å². The highest BCUT2D eigenvalue weighted by atomic mass is 79.9. The van der Waals surface area contributed by atoms with Gasteiger partial charge in [-0.25, -0.2) is 18.1 Å². The number of nitrogens with zero attached hydrogens (tertiary/aromatic N) is 4. The Bertz CT molecular complexity index is 1930. The van der Waals surface area contributed by atoms with E-state index in [1.807, 2.05) is 52.8 Å². The van der Waals surface area contributed by atoms with Crippen molar-refractivity contribution in [2.45, 2.75) is 64.7 Å². The van der Waals surface area contributed by atoms with Crippen molar-refractivity contribution < 1.29 is 31.1 Å². The van der Waals surface area contributed by atoms with Crippen LogP contribution in [-0.2, 0) is 22.7 Å². The van der Waals surface area contributed by atoms with Crippen LogP contribution in [0.4, 0.5) is 19.1 Å². The van der Waals surface area contributed by atoms with Gasteiger partial charge < -0.3 is 9.64 Å². The maximum absolute atomic E-state index is 14.3. The average Bonchev–Trinajstić information content (AvgIpc) is 2.97. The maximum atomic E-state index is 14.3. The van der Waals surface area contributed by atoms with Crippen LogP contribution in [0.5, 0.6) is 5.88 Å². The highest BCUT2D eigenvalue weighted by Crippen LogP contribution is 2.35. The summed E-state index contributed by atoms with van der Waals surface area (Å²) in [6.07, 6.45) is -3.20. The van der Waals surface area contributed by atoms with E-state index in [4.69, 9.17) is 4.74 Å². The molecule has 0 unspecified atom stereocenters. The van der Waals surface area contributed by atoms with Crippen molar-refractivity contribution in [2.24, 2.45) is 5.41 Å². The third-order valence-corrected chi connectivity index (χ3v) is 9.35. The minimum atomic E-state index is -4.75. The number of sulfonamides is 1. The number of alkyl halides is 3. The van der Waals surface area contributed by atoms with Crippen LogP contribution < -0.4 is 9.46 Å². The van der Waals surface area contributed by atoms with E-state index in [-0.39, 0.29) is 39.1 Å². The number of benzene rings is 2. The molecule has 1 N–H and O–H groups in total. The quantitative estimate of drug-likeness (QED) is 0.230. The molecule has 1 aliphatic rings. The maximum Gasteiger partial charge on any atom is 0.418 e. The van der Waals surface area contributed by atoms with Gasteiger partial charge in [0.25, 0.3) is 15.9 Å². The number of hydrogen-bond donors (Lipinski definition) is 1. The smallest absolute Gasteiger partial charge is 0.418 e. The molecule has 0 spiro atoms. The third kappa shape index (κ3) is 7.92. The molecule has 2 aromatic carbocycles. The number of anilines is 1. The van der Waals surface area contributed by atoms with Crippen LogP contribution in [0.2, 0.25) is 0 Å². The molecule has 9 nitrogen and oxygen atoms in total. The van der Waals surface area contributed by atoms with Crippen molar-refractivity contribution >= 4 is 37.8 Å². The fraction of sp³-hybridized carbons (Fsp3) is 0.333. The SMILES string of the molecule is Cc1cccc(C)c1-c1cc2nc(n1)NS(=O)(=O)c1cccc(c1)C(=O)N(Cc1ncc(Br)cc1C(F)(F)F)[C@H](CC(C)(C)C)CO2. The van der Waals surface area contributed by atoms with Gasteiger partial charge in [-0.3, -0.25) is 9.78 Å². The lowest BCUT2D eigenvalue weighted by molar-refractivity contribution is -0.138. The Kier molecular flexibility index (Phi) is 9.39. The zero-order chi connectivity index (χ0) is 34.3. The Balaban J connectivity index is 1.71.